The first-order valence-corrected chi connectivity index (χ1v) is 9.16. The molecule has 1 saturated carbocycles. The van der Waals surface area contributed by atoms with Gasteiger partial charge in [-0.05, 0) is 25.3 Å². The number of rotatable bonds is 10. The molecular weight excluding hydrogens is 316 g/mol. The van der Waals surface area contributed by atoms with E-state index in [-0.39, 0.29) is 24.7 Å². The Hall–Kier alpha value is -1.49. The van der Waals surface area contributed by atoms with Crippen LogP contribution in [0.15, 0.2) is 42.5 Å². The second-order valence-electron chi connectivity index (χ2n) is 6.53. The lowest BCUT2D eigenvalue weighted by atomic mass is 9.76. The minimum absolute atomic E-state index is 0.0625. The van der Waals surface area contributed by atoms with Crippen molar-refractivity contribution >= 4 is 5.78 Å². The van der Waals surface area contributed by atoms with Crippen molar-refractivity contribution in [2.24, 2.45) is 5.92 Å². The molecule has 0 N–H and O–H groups in total. The first-order chi connectivity index (χ1) is 12.2. The second-order valence-corrected chi connectivity index (χ2v) is 6.53. The standard InChI is InChI=1S/C21H30O4/c1-17(25-16-24-15-14-23-2)12-13-19(18-8-4-3-5-9-18)20-10-6-7-11-21(20)22/h3-5,8-9,12-13,17,19-20H,6-7,10-11,14-16H2,1-2H3/b13-12+/t17-,19+,20-/m0/s1. The number of carbonyl (C=O) groups is 1. The van der Waals surface area contributed by atoms with Crippen molar-refractivity contribution in [1.29, 1.82) is 0 Å². The van der Waals surface area contributed by atoms with Crippen molar-refractivity contribution in [3.63, 3.8) is 0 Å². The topological polar surface area (TPSA) is 44.8 Å². The molecule has 0 heterocycles. The van der Waals surface area contributed by atoms with Crippen LogP contribution < -0.4 is 0 Å². The SMILES string of the molecule is COCCOCO[C@@H](C)/C=C/[C@H](c1ccccc1)[C@@H]1CCCCC1=O. The highest BCUT2D eigenvalue weighted by Crippen LogP contribution is 2.35. The number of hydrogen-bond acceptors (Lipinski definition) is 4. The van der Waals surface area contributed by atoms with Crippen molar-refractivity contribution in [1.82, 2.24) is 0 Å². The minimum atomic E-state index is -0.0625. The fourth-order valence-corrected chi connectivity index (χ4v) is 3.23. The van der Waals surface area contributed by atoms with Gasteiger partial charge in [0.1, 0.15) is 12.6 Å². The van der Waals surface area contributed by atoms with Crippen LogP contribution in [-0.2, 0) is 19.0 Å². The molecule has 0 aliphatic heterocycles. The van der Waals surface area contributed by atoms with Gasteiger partial charge in [0.15, 0.2) is 0 Å². The van der Waals surface area contributed by atoms with Crippen molar-refractivity contribution in [2.75, 3.05) is 27.1 Å². The molecule has 0 amide bonds. The van der Waals surface area contributed by atoms with Crippen LogP contribution in [0.5, 0.6) is 0 Å². The molecule has 1 aromatic rings. The predicted octanol–water partition coefficient (Wildman–Crippen LogP) is 4.11. The van der Waals surface area contributed by atoms with E-state index in [2.05, 4.69) is 18.2 Å². The van der Waals surface area contributed by atoms with Crippen LogP contribution in [0.3, 0.4) is 0 Å². The molecule has 3 atom stereocenters. The molecular formula is C21H30O4. The summed E-state index contributed by atoms with van der Waals surface area (Å²) in [5, 5.41) is 0. The molecule has 0 radical (unpaired) electrons. The maximum Gasteiger partial charge on any atom is 0.147 e. The Morgan fingerprint density at radius 2 is 1.96 bits per heavy atom. The van der Waals surface area contributed by atoms with Gasteiger partial charge >= 0.3 is 0 Å². The van der Waals surface area contributed by atoms with Gasteiger partial charge < -0.3 is 14.2 Å². The summed E-state index contributed by atoms with van der Waals surface area (Å²) in [6.45, 7) is 3.32. The zero-order valence-corrected chi connectivity index (χ0v) is 15.4. The smallest absolute Gasteiger partial charge is 0.147 e. The molecule has 138 valence electrons. The molecule has 1 aliphatic carbocycles. The number of benzene rings is 1. The average molecular weight is 346 g/mol. The maximum atomic E-state index is 12.4. The number of Topliss-reactive ketones (excluding diaryl/α,β-unsaturated/α-hetero) is 1. The molecule has 25 heavy (non-hydrogen) atoms. The molecule has 1 aliphatic rings. The van der Waals surface area contributed by atoms with E-state index in [0.29, 0.717) is 25.4 Å². The van der Waals surface area contributed by atoms with Crippen LogP contribution in [0.25, 0.3) is 0 Å². The number of allylic oxidation sites excluding steroid dienone is 1. The van der Waals surface area contributed by atoms with Gasteiger partial charge in [-0.1, -0.05) is 48.9 Å². The number of ketones is 1. The lowest BCUT2D eigenvalue weighted by Crippen LogP contribution is -2.25. The Labute approximate surface area is 151 Å². The number of carbonyl (C=O) groups excluding carboxylic acids is 1. The van der Waals surface area contributed by atoms with E-state index in [0.717, 1.165) is 19.3 Å². The molecule has 0 unspecified atom stereocenters. The molecule has 0 bridgehead atoms. The van der Waals surface area contributed by atoms with Gasteiger partial charge in [-0.2, -0.15) is 0 Å². The molecule has 4 heteroatoms. The van der Waals surface area contributed by atoms with E-state index < -0.39 is 0 Å². The summed E-state index contributed by atoms with van der Waals surface area (Å²) in [7, 11) is 1.64. The van der Waals surface area contributed by atoms with Gasteiger partial charge in [0.25, 0.3) is 0 Å². The van der Waals surface area contributed by atoms with E-state index in [1.165, 1.54) is 5.56 Å². The van der Waals surface area contributed by atoms with Crippen LogP contribution in [0.1, 0.15) is 44.1 Å². The minimum Gasteiger partial charge on any atom is -0.382 e. The quantitative estimate of drug-likeness (QED) is 0.363. The molecule has 0 saturated heterocycles. The van der Waals surface area contributed by atoms with Crippen molar-refractivity contribution in [2.45, 2.75) is 44.6 Å². The average Bonchev–Trinajstić information content (AvgIpc) is 2.64. The van der Waals surface area contributed by atoms with Gasteiger partial charge in [-0.3, -0.25) is 4.79 Å². The summed E-state index contributed by atoms with van der Waals surface area (Å²) in [5.41, 5.74) is 1.20. The Morgan fingerprint density at radius 1 is 1.16 bits per heavy atom. The van der Waals surface area contributed by atoms with Gasteiger partial charge in [0.2, 0.25) is 0 Å². The third-order valence-electron chi connectivity index (χ3n) is 4.66. The normalized spacial score (nSPS) is 20.7. The van der Waals surface area contributed by atoms with Crippen LogP contribution >= 0.6 is 0 Å². The molecule has 1 aromatic carbocycles. The highest BCUT2D eigenvalue weighted by Gasteiger charge is 2.29. The van der Waals surface area contributed by atoms with Crippen LogP contribution in [0.2, 0.25) is 0 Å². The summed E-state index contributed by atoms with van der Waals surface area (Å²) in [5.74, 6) is 0.591. The molecule has 2 rings (SSSR count). The number of hydrogen-bond donors (Lipinski definition) is 0. The van der Waals surface area contributed by atoms with E-state index in [1.54, 1.807) is 7.11 Å². The maximum absolute atomic E-state index is 12.4. The zero-order valence-electron chi connectivity index (χ0n) is 15.4. The fourth-order valence-electron chi connectivity index (χ4n) is 3.23. The summed E-state index contributed by atoms with van der Waals surface area (Å²) < 4.78 is 15.9. The van der Waals surface area contributed by atoms with Gasteiger partial charge in [-0.15, -0.1) is 0 Å². The predicted molar refractivity (Wildman–Crippen MR) is 98.5 cm³/mol. The van der Waals surface area contributed by atoms with Gasteiger partial charge in [0.05, 0.1) is 19.3 Å². The molecule has 0 aromatic heterocycles. The molecule has 1 fully saturated rings. The fraction of sp³-hybridized carbons (Fsp3) is 0.571. The summed E-state index contributed by atoms with van der Waals surface area (Å²) >= 11 is 0. The first-order valence-electron chi connectivity index (χ1n) is 9.16. The van der Waals surface area contributed by atoms with E-state index in [1.807, 2.05) is 31.2 Å². The summed E-state index contributed by atoms with van der Waals surface area (Å²) in [6, 6.07) is 10.3. The van der Waals surface area contributed by atoms with E-state index >= 15 is 0 Å². The highest BCUT2D eigenvalue weighted by molar-refractivity contribution is 5.83. The lowest BCUT2D eigenvalue weighted by Gasteiger charge is -2.27. The molecule has 4 nitrogen and oxygen atoms in total. The first kappa shape index (κ1) is 19.8. The van der Waals surface area contributed by atoms with Crippen LogP contribution in [0, 0.1) is 5.92 Å². The van der Waals surface area contributed by atoms with E-state index in [9.17, 15) is 4.79 Å². The third kappa shape index (κ3) is 6.73. The summed E-state index contributed by atoms with van der Waals surface area (Å²) in [6.07, 6.45) is 7.96. The Balaban J connectivity index is 1.97. The van der Waals surface area contributed by atoms with Crippen molar-refractivity contribution < 1.29 is 19.0 Å². The van der Waals surface area contributed by atoms with E-state index in [4.69, 9.17) is 14.2 Å². The molecule has 0 spiro atoms. The van der Waals surface area contributed by atoms with Gasteiger partial charge in [0, 0.05) is 25.4 Å². The third-order valence-corrected chi connectivity index (χ3v) is 4.66. The second kappa shape index (κ2) is 11.2. The monoisotopic (exact) mass is 346 g/mol. The lowest BCUT2D eigenvalue weighted by molar-refractivity contribution is -0.124. The largest absolute Gasteiger partial charge is 0.382 e. The number of ether oxygens (including phenoxy) is 3. The van der Waals surface area contributed by atoms with Crippen molar-refractivity contribution in [3.05, 3.63) is 48.0 Å². The Bertz CT molecular complexity index is 526. The Morgan fingerprint density at radius 3 is 2.68 bits per heavy atom. The van der Waals surface area contributed by atoms with Crippen LogP contribution in [0.4, 0.5) is 0 Å². The van der Waals surface area contributed by atoms with Gasteiger partial charge in [-0.25, -0.2) is 0 Å². The number of methoxy groups -OCH3 is 1. The highest BCUT2D eigenvalue weighted by atomic mass is 16.7. The summed E-state index contributed by atoms with van der Waals surface area (Å²) in [4.78, 5) is 12.4. The Kier molecular flexibility index (Phi) is 8.87. The van der Waals surface area contributed by atoms with Crippen molar-refractivity contribution in [3.8, 4) is 0 Å². The zero-order chi connectivity index (χ0) is 17.9. The van der Waals surface area contributed by atoms with Crippen LogP contribution in [-0.4, -0.2) is 39.0 Å².